The lowest BCUT2D eigenvalue weighted by molar-refractivity contribution is 0.764. The molecule has 0 saturated heterocycles. The van der Waals surface area contributed by atoms with Crippen molar-refractivity contribution < 1.29 is 0 Å². The molecule has 0 atom stereocenters. The van der Waals surface area contributed by atoms with E-state index in [0.717, 1.165) is 0 Å². The Morgan fingerprint density at radius 1 is 1.71 bits per heavy atom. The van der Waals surface area contributed by atoms with Gasteiger partial charge in [-0.05, 0) is 12.2 Å². The Hall–Kier alpha value is -1.78. The normalized spacial score (nSPS) is 10.3. The Morgan fingerprint density at radius 2 is 2.47 bits per heavy atom. The maximum Gasteiger partial charge on any atom is 0.273 e. The van der Waals surface area contributed by atoms with E-state index in [1.165, 1.54) is 22.2 Å². The van der Waals surface area contributed by atoms with Gasteiger partial charge in [0.2, 0.25) is 0 Å². The van der Waals surface area contributed by atoms with Crippen molar-refractivity contribution in [3.8, 4) is 6.07 Å². The number of hydrogen-bond donors (Lipinski definition) is 0. The van der Waals surface area contributed by atoms with Crippen molar-refractivity contribution >= 4 is 33.9 Å². The zero-order chi connectivity index (χ0) is 12.4. The Bertz CT molecular complexity index is 731. The van der Waals surface area contributed by atoms with E-state index in [-0.39, 0.29) is 12.1 Å². The summed E-state index contributed by atoms with van der Waals surface area (Å²) in [7, 11) is 0. The molecule has 86 valence electrons. The Balaban J connectivity index is 2.78. The van der Waals surface area contributed by atoms with Crippen LogP contribution in [0.2, 0.25) is 0 Å². The van der Waals surface area contributed by atoms with Crippen molar-refractivity contribution in [3.05, 3.63) is 33.3 Å². The number of aromatic nitrogens is 3. The van der Waals surface area contributed by atoms with Gasteiger partial charge in [-0.2, -0.15) is 5.26 Å². The standard InChI is InChI=1S/C10H8N4OS2/c1-2-4-14-8-7(17-10(14)16)9(15)13(5-3-11)6-12-8/h2,6H,1,4-5H2. The van der Waals surface area contributed by atoms with Gasteiger partial charge in [-0.3, -0.25) is 9.36 Å². The number of rotatable bonds is 3. The van der Waals surface area contributed by atoms with Crippen LogP contribution in [0.3, 0.4) is 0 Å². The smallest absolute Gasteiger partial charge is 0.273 e. The fourth-order valence-corrected chi connectivity index (χ4v) is 2.77. The molecule has 7 heteroatoms. The van der Waals surface area contributed by atoms with Gasteiger partial charge >= 0.3 is 0 Å². The van der Waals surface area contributed by atoms with Crippen LogP contribution in [0.4, 0.5) is 0 Å². The highest BCUT2D eigenvalue weighted by Gasteiger charge is 2.10. The second-order valence-corrected chi connectivity index (χ2v) is 4.90. The second kappa shape index (κ2) is 4.61. The third-order valence-corrected chi connectivity index (χ3v) is 3.62. The van der Waals surface area contributed by atoms with Crippen LogP contribution >= 0.6 is 23.6 Å². The first-order chi connectivity index (χ1) is 8.19. The molecule has 0 bridgehead atoms. The minimum absolute atomic E-state index is 0.00606. The maximum absolute atomic E-state index is 12.0. The van der Waals surface area contributed by atoms with Crippen molar-refractivity contribution in [1.82, 2.24) is 14.1 Å². The molecule has 0 aliphatic heterocycles. The molecule has 0 spiro atoms. The summed E-state index contributed by atoms with van der Waals surface area (Å²) in [6.07, 6.45) is 3.07. The van der Waals surface area contributed by atoms with E-state index in [4.69, 9.17) is 17.5 Å². The van der Waals surface area contributed by atoms with E-state index < -0.39 is 0 Å². The molecule has 0 amide bonds. The lowest BCUT2D eigenvalue weighted by Crippen LogP contribution is -2.19. The molecule has 2 rings (SSSR count). The summed E-state index contributed by atoms with van der Waals surface area (Å²) < 4.78 is 4.08. The number of allylic oxidation sites excluding steroid dienone is 1. The molecule has 0 unspecified atom stereocenters. The van der Waals surface area contributed by atoms with Gasteiger partial charge in [0, 0.05) is 6.54 Å². The van der Waals surface area contributed by atoms with Gasteiger partial charge in [-0.1, -0.05) is 17.4 Å². The van der Waals surface area contributed by atoms with E-state index >= 15 is 0 Å². The third-order valence-electron chi connectivity index (χ3n) is 2.20. The average Bonchev–Trinajstić information content (AvgIpc) is 2.62. The lowest BCUT2D eigenvalue weighted by atomic mass is 10.5. The Kier molecular flexibility index (Phi) is 3.17. The number of nitrogens with zero attached hydrogens (tertiary/aromatic N) is 4. The molecule has 0 N–H and O–H groups in total. The molecule has 0 aromatic carbocycles. The highest BCUT2D eigenvalue weighted by atomic mass is 32.1. The van der Waals surface area contributed by atoms with Crippen LogP contribution < -0.4 is 5.56 Å². The van der Waals surface area contributed by atoms with E-state index in [0.29, 0.717) is 20.8 Å². The lowest BCUT2D eigenvalue weighted by Gasteiger charge is -2.01. The van der Waals surface area contributed by atoms with Crippen LogP contribution in [-0.2, 0) is 13.1 Å². The maximum atomic E-state index is 12.0. The van der Waals surface area contributed by atoms with Crippen LogP contribution in [0.25, 0.3) is 10.3 Å². The van der Waals surface area contributed by atoms with Gasteiger partial charge in [0.1, 0.15) is 17.6 Å². The Labute approximate surface area is 106 Å². The van der Waals surface area contributed by atoms with Crippen LogP contribution in [0, 0.1) is 15.3 Å². The molecule has 2 heterocycles. The van der Waals surface area contributed by atoms with E-state index in [1.807, 2.05) is 6.07 Å². The first-order valence-corrected chi connectivity index (χ1v) is 5.98. The van der Waals surface area contributed by atoms with Gasteiger partial charge in [0.15, 0.2) is 9.60 Å². The molecule has 0 radical (unpaired) electrons. The van der Waals surface area contributed by atoms with Crippen LogP contribution in [-0.4, -0.2) is 14.1 Å². The van der Waals surface area contributed by atoms with E-state index in [2.05, 4.69) is 11.6 Å². The van der Waals surface area contributed by atoms with Crippen molar-refractivity contribution in [2.45, 2.75) is 13.1 Å². The largest absolute Gasteiger partial charge is 0.304 e. The highest BCUT2D eigenvalue weighted by Crippen LogP contribution is 2.17. The molecule has 17 heavy (non-hydrogen) atoms. The number of fused-ring (bicyclic) bond motifs is 1. The third kappa shape index (κ3) is 1.92. The van der Waals surface area contributed by atoms with Crippen LogP contribution in [0.15, 0.2) is 23.8 Å². The topological polar surface area (TPSA) is 63.6 Å². The first-order valence-electron chi connectivity index (χ1n) is 4.75. The summed E-state index contributed by atoms with van der Waals surface area (Å²) in [6, 6.07) is 1.91. The quantitative estimate of drug-likeness (QED) is 0.625. The van der Waals surface area contributed by atoms with Crippen molar-refractivity contribution in [3.63, 3.8) is 0 Å². The molecule has 2 aromatic heterocycles. The summed E-state index contributed by atoms with van der Waals surface area (Å²) >= 11 is 6.38. The summed E-state index contributed by atoms with van der Waals surface area (Å²) in [5.74, 6) is 0. The predicted octanol–water partition coefficient (Wildman–Crippen LogP) is 1.70. The summed E-state index contributed by atoms with van der Waals surface area (Å²) in [5.41, 5.74) is 0.328. The zero-order valence-electron chi connectivity index (χ0n) is 8.79. The van der Waals surface area contributed by atoms with Crippen molar-refractivity contribution in [2.24, 2.45) is 0 Å². The summed E-state index contributed by atoms with van der Waals surface area (Å²) in [6.45, 7) is 4.15. The van der Waals surface area contributed by atoms with Gasteiger partial charge in [-0.15, -0.1) is 6.58 Å². The molecule has 0 fully saturated rings. The molecule has 5 nitrogen and oxygen atoms in total. The highest BCUT2D eigenvalue weighted by molar-refractivity contribution is 7.73. The number of thiazole rings is 1. The predicted molar refractivity (Wildman–Crippen MR) is 68.5 cm³/mol. The fraction of sp³-hybridized carbons (Fsp3) is 0.200. The summed E-state index contributed by atoms with van der Waals surface area (Å²) in [5, 5.41) is 8.59. The molecular weight excluding hydrogens is 256 g/mol. The van der Waals surface area contributed by atoms with Gasteiger partial charge in [-0.25, -0.2) is 4.98 Å². The number of hydrogen-bond acceptors (Lipinski definition) is 5. The van der Waals surface area contributed by atoms with E-state index in [9.17, 15) is 4.79 Å². The average molecular weight is 264 g/mol. The zero-order valence-corrected chi connectivity index (χ0v) is 10.4. The molecule has 0 aliphatic carbocycles. The second-order valence-electron chi connectivity index (χ2n) is 3.26. The van der Waals surface area contributed by atoms with Crippen molar-refractivity contribution in [1.29, 1.82) is 5.26 Å². The minimum atomic E-state index is -0.226. The minimum Gasteiger partial charge on any atom is -0.304 e. The van der Waals surface area contributed by atoms with Gasteiger partial charge < -0.3 is 4.57 Å². The molecule has 0 saturated carbocycles. The molecular formula is C10H8N4OS2. The van der Waals surface area contributed by atoms with Gasteiger partial charge in [0.05, 0.1) is 6.07 Å². The first kappa shape index (κ1) is 11.7. The number of nitriles is 1. The SMILES string of the molecule is C=CCn1c(=S)sc2c(=O)n(CC#N)cnc21. The fourth-order valence-electron chi connectivity index (χ4n) is 1.45. The summed E-state index contributed by atoms with van der Waals surface area (Å²) in [4.78, 5) is 16.2. The van der Waals surface area contributed by atoms with Gasteiger partial charge in [0.25, 0.3) is 5.56 Å². The van der Waals surface area contributed by atoms with Crippen LogP contribution in [0.5, 0.6) is 0 Å². The molecule has 2 aromatic rings. The van der Waals surface area contributed by atoms with E-state index in [1.54, 1.807) is 10.6 Å². The monoisotopic (exact) mass is 264 g/mol. The van der Waals surface area contributed by atoms with Crippen molar-refractivity contribution in [2.75, 3.05) is 0 Å². The molecule has 0 aliphatic rings. The van der Waals surface area contributed by atoms with Crippen LogP contribution in [0.1, 0.15) is 0 Å². The Morgan fingerprint density at radius 3 is 3.12 bits per heavy atom.